The molecule has 2 atom stereocenters. The van der Waals surface area contributed by atoms with Gasteiger partial charge in [0.1, 0.15) is 11.6 Å². The average Bonchev–Trinajstić information content (AvgIpc) is 3.37. The van der Waals surface area contributed by atoms with E-state index in [1.807, 2.05) is 91.0 Å². The minimum absolute atomic E-state index is 0.204. The molecule has 0 aliphatic carbocycles. The zero-order valence-electron chi connectivity index (χ0n) is 18.4. The lowest BCUT2D eigenvalue weighted by atomic mass is 9.78. The summed E-state index contributed by atoms with van der Waals surface area (Å²) in [4.78, 5) is 32.2. The number of hydrogen-bond donors (Lipinski definition) is 1. The van der Waals surface area contributed by atoms with E-state index in [0.717, 1.165) is 34.6 Å². The summed E-state index contributed by atoms with van der Waals surface area (Å²) >= 11 is 1.78. The molecule has 0 saturated carbocycles. The van der Waals surface area contributed by atoms with Crippen LogP contribution in [0.25, 0.3) is 0 Å². The first-order valence-electron chi connectivity index (χ1n) is 11.1. The maximum atomic E-state index is 13.4. The second-order valence-electron chi connectivity index (χ2n) is 8.54. The summed E-state index contributed by atoms with van der Waals surface area (Å²) in [5, 5.41) is 4.43. The summed E-state index contributed by atoms with van der Waals surface area (Å²) in [6.45, 7) is 1.45. The summed E-state index contributed by atoms with van der Waals surface area (Å²) in [7, 11) is 0. The van der Waals surface area contributed by atoms with Crippen molar-refractivity contribution in [2.75, 3.05) is 11.5 Å². The van der Waals surface area contributed by atoms with Crippen molar-refractivity contribution in [3.05, 3.63) is 108 Å². The largest absolute Gasteiger partial charge is 0.342 e. The number of hydroxylamine groups is 2. The van der Waals surface area contributed by atoms with Crippen molar-refractivity contribution in [1.82, 2.24) is 10.4 Å². The molecular formula is C27H26N2O3S. The van der Waals surface area contributed by atoms with Gasteiger partial charge in [0.15, 0.2) is 5.60 Å². The molecule has 5 rings (SSSR count). The van der Waals surface area contributed by atoms with Gasteiger partial charge in [0.05, 0.1) is 0 Å². The lowest BCUT2D eigenvalue weighted by Gasteiger charge is -2.56. The third-order valence-electron chi connectivity index (χ3n) is 6.54. The predicted molar refractivity (Wildman–Crippen MR) is 129 cm³/mol. The van der Waals surface area contributed by atoms with Gasteiger partial charge in [-0.05, 0) is 28.9 Å². The van der Waals surface area contributed by atoms with Gasteiger partial charge in [0, 0.05) is 12.7 Å². The topological polar surface area (TPSA) is 58.6 Å². The third kappa shape index (κ3) is 3.54. The highest BCUT2D eigenvalue weighted by Gasteiger charge is 2.65. The fraction of sp³-hybridized carbons (Fsp3) is 0.259. The number of nitrogens with zero attached hydrogens (tertiary/aromatic N) is 1. The first-order valence-corrected chi connectivity index (χ1v) is 12.3. The number of benzene rings is 3. The maximum Gasteiger partial charge on any atom is 0.271 e. The molecule has 2 aliphatic rings. The van der Waals surface area contributed by atoms with E-state index in [-0.39, 0.29) is 11.8 Å². The van der Waals surface area contributed by atoms with Crippen LogP contribution < -0.4 is 5.32 Å². The fourth-order valence-corrected chi connectivity index (χ4v) is 6.35. The zero-order valence-corrected chi connectivity index (χ0v) is 19.3. The van der Waals surface area contributed by atoms with E-state index >= 15 is 0 Å². The van der Waals surface area contributed by atoms with E-state index in [1.54, 1.807) is 16.8 Å². The molecule has 0 aromatic heterocycles. The number of β-lactam (4-membered cyclic amide) rings is 1. The van der Waals surface area contributed by atoms with Crippen LogP contribution in [0.5, 0.6) is 0 Å². The molecule has 1 spiro atoms. The Kier molecular flexibility index (Phi) is 5.72. The highest BCUT2D eigenvalue weighted by atomic mass is 32.2. The van der Waals surface area contributed by atoms with Gasteiger partial charge in [-0.3, -0.25) is 9.59 Å². The number of carbonyl (C=O) groups is 2. The Hall–Kier alpha value is -3.09. The number of rotatable bonds is 6. The van der Waals surface area contributed by atoms with E-state index < -0.39 is 17.2 Å². The Morgan fingerprint density at radius 3 is 1.82 bits per heavy atom. The Labute approximate surface area is 198 Å². The van der Waals surface area contributed by atoms with Crippen LogP contribution in [0.1, 0.15) is 30.0 Å². The van der Waals surface area contributed by atoms with Gasteiger partial charge in [-0.15, -0.1) is 0 Å². The van der Waals surface area contributed by atoms with Crippen molar-refractivity contribution in [3.8, 4) is 0 Å². The molecule has 3 aromatic rings. The van der Waals surface area contributed by atoms with Crippen LogP contribution >= 0.6 is 11.8 Å². The summed E-state index contributed by atoms with van der Waals surface area (Å²) in [6, 6.07) is 29.5. The Balaban J connectivity index is 1.67. The van der Waals surface area contributed by atoms with Crippen molar-refractivity contribution < 1.29 is 14.4 Å². The van der Waals surface area contributed by atoms with Gasteiger partial charge in [-0.2, -0.15) is 11.8 Å². The molecule has 0 bridgehead atoms. The first kappa shape index (κ1) is 21.7. The molecule has 2 fully saturated rings. The second-order valence-corrected chi connectivity index (χ2v) is 9.65. The average molecular weight is 459 g/mol. The van der Waals surface area contributed by atoms with Crippen LogP contribution in [0.4, 0.5) is 0 Å². The van der Waals surface area contributed by atoms with Gasteiger partial charge in [0.25, 0.3) is 5.91 Å². The van der Waals surface area contributed by atoms with Crippen LogP contribution in [0.2, 0.25) is 0 Å². The molecule has 6 heteroatoms. The lowest BCUT2D eigenvalue weighted by Crippen LogP contribution is -2.79. The van der Waals surface area contributed by atoms with Gasteiger partial charge in [-0.1, -0.05) is 91.0 Å². The quantitative estimate of drug-likeness (QED) is 0.446. The SMILES string of the molecule is CC(=O)NC1C(=O)N(OC(c2ccccc2)(c2ccccc2)c2ccccc2)C12CCSC2. The first-order chi connectivity index (χ1) is 16.1. The van der Waals surface area contributed by atoms with E-state index in [9.17, 15) is 9.59 Å². The van der Waals surface area contributed by atoms with Crippen molar-refractivity contribution in [3.63, 3.8) is 0 Å². The van der Waals surface area contributed by atoms with E-state index in [1.165, 1.54) is 6.92 Å². The van der Waals surface area contributed by atoms with Crippen LogP contribution in [-0.4, -0.2) is 40.0 Å². The Morgan fingerprint density at radius 1 is 0.939 bits per heavy atom. The van der Waals surface area contributed by atoms with Crippen molar-refractivity contribution in [1.29, 1.82) is 0 Å². The highest BCUT2D eigenvalue weighted by molar-refractivity contribution is 7.99. The number of carbonyl (C=O) groups excluding carboxylic acids is 2. The molecule has 2 unspecified atom stereocenters. The van der Waals surface area contributed by atoms with Gasteiger partial charge >= 0.3 is 0 Å². The summed E-state index contributed by atoms with van der Waals surface area (Å²) in [5.41, 5.74) is 1.20. The molecule has 2 saturated heterocycles. The maximum absolute atomic E-state index is 13.4. The molecule has 5 nitrogen and oxygen atoms in total. The fourth-order valence-electron chi connectivity index (χ4n) is 4.92. The number of hydrogen-bond acceptors (Lipinski definition) is 4. The highest BCUT2D eigenvalue weighted by Crippen LogP contribution is 2.49. The summed E-state index contributed by atoms with van der Waals surface area (Å²) in [5.74, 6) is 1.22. The van der Waals surface area contributed by atoms with Gasteiger partial charge in [-0.25, -0.2) is 9.90 Å². The van der Waals surface area contributed by atoms with Gasteiger partial charge < -0.3 is 5.32 Å². The van der Waals surface area contributed by atoms with Crippen molar-refractivity contribution in [2.24, 2.45) is 0 Å². The molecule has 168 valence electrons. The number of thioether (sulfide) groups is 1. The zero-order chi connectivity index (χ0) is 22.9. The minimum Gasteiger partial charge on any atom is -0.342 e. The summed E-state index contributed by atoms with van der Waals surface area (Å²) < 4.78 is 0. The minimum atomic E-state index is -1.03. The second kappa shape index (κ2) is 8.69. The Bertz CT molecular complexity index is 1040. The molecule has 3 aromatic carbocycles. The lowest BCUT2D eigenvalue weighted by molar-refractivity contribution is -0.293. The predicted octanol–water partition coefficient (Wildman–Crippen LogP) is 4.13. The summed E-state index contributed by atoms with van der Waals surface area (Å²) in [6.07, 6.45) is 0.767. The Morgan fingerprint density at radius 2 is 1.42 bits per heavy atom. The van der Waals surface area contributed by atoms with Gasteiger partial charge in [0.2, 0.25) is 5.91 Å². The molecule has 1 N–H and O–H groups in total. The standard InChI is InChI=1S/C27H26N2O3S/c1-20(30)28-24-25(31)29(26(24)17-18-33-19-26)32-27(21-11-5-2-6-12-21,22-13-7-3-8-14-22)23-15-9-4-10-16-23/h2-16,24H,17-19H2,1H3,(H,28,30). The smallest absolute Gasteiger partial charge is 0.271 e. The van der Waals surface area contributed by atoms with E-state index in [4.69, 9.17) is 4.84 Å². The molecule has 33 heavy (non-hydrogen) atoms. The number of amides is 2. The van der Waals surface area contributed by atoms with Crippen molar-refractivity contribution in [2.45, 2.75) is 30.5 Å². The normalized spacial score (nSPS) is 22.3. The van der Waals surface area contributed by atoms with Crippen LogP contribution in [0.15, 0.2) is 91.0 Å². The van der Waals surface area contributed by atoms with Crippen LogP contribution in [0.3, 0.4) is 0 Å². The number of nitrogens with one attached hydrogen (secondary N) is 1. The van der Waals surface area contributed by atoms with E-state index in [2.05, 4.69) is 5.32 Å². The van der Waals surface area contributed by atoms with Crippen molar-refractivity contribution >= 4 is 23.6 Å². The van der Waals surface area contributed by atoms with E-state index in [0.29, 0.717) is 0 Å². The monoisotopic (exact) mass is 458 g/mol. The third-order valence-corrected chi connectivity index (χ3v) is 7.73. The molecule has 2 aliphatic heterocycles. The molecule has 2 heterocycles. The van der Waals surface area contributed by atoms with Crippen LogP contribution in [0, 0.1) is 0 Å². The molecule has 0 radical (unpaired) electrons. The van der Waals surface area contributed by atoms with Crippen LogP contribution in [-0.2, 0) is 20.0 Å². The molecule has 2 amide bonds. The molecular weight excluding hydrogens is 432 g/mol.